The number of likely N-dealkylation sites (tertiary alicyclic amines) is 2. The number of halogens is 3. The van der Waals surface area contributed by atoms with Crippen molar-refractivity contribution in [3.63, 3.8) is 0 Å². The Kier molecular flexibility index (Phi) is 12.6. The fourth-order valence-corrected chi connectivity index (χ4v) is 9.45. The summed E-state index contributed by atoms with van der Waals surface area (Å²) in [5.74, 6) is -6.30. The zero-order valence-corrected chi connectivity index (χ0v) is 33.9. The van der Waals surface area contributed by atoms with E-state index in [9.17, 15) is 32.8 Å². The molecule has 3 aliphatic heterocycles. The highest BCUT2D eigenvalue weighted by molar-refractivity contribution is 5.95. The number of fused-ring (bicyclic) bond motifs is 1. The van der Waals surface area contributed by atoms with Crippen LogP contribution in [-0.2, 0) is 25.5 Å². The Labute approximate surface area is 347 Å². The number of nitrogens with one attached hydrogen (secondary N) is 2. The zero-order valence-electron chi connectivity index (χ0n) is 33.9. The average Bonchev–Trinajstić information content (AvgIpc) is 3.92. The number of rotatable bonds is 11. The van der Waals surface area contributed by atoms with Crippen molar-refractivity contribution >= 4 is 34.4 Å². The molecular formula is C44H54F3N7O6. The van der Waals surface area contributed by atoms with Gasteiger partial charge in [0.2, 0.25) is 17.7 Å². The number of ether oxygens (including phenoxy) is 1. The fraction of sp³-hybridized carbons (Fsp3) is 0.591. The van der Waals surface area contributed by atoms with Crippen molar-refractivity contribution in [2.45, 2.75) is 94.8 Å². The van der Waals surface area contributed by atoms with Gasteiger partial charge in [0.25, 0.3) is 17.4 Å². The van der Waals surface area contributed by atoms with Crippen LogP contribution in [0.15, 0.2) is 47.3 Å². The standard InChI is InChI=1S/C44H54F3N7O6/c45-36-11-10-28(25-37-32-8-4-5-9-33(32)40(56)50-49-37)24-34(36)42(58)54-22-20-52(21-23-54)38(55)27-51-16-12-30(13-17-51)60-31-14-18-53(19-15-31)43(59)39(29-6-2-1-3-7-29)48-41(57)35-26-44(35,46)47/h4-5,8-11,24,29-31,35,39H,1-3,6-7,12-23,25-27H2,(H,48,57)(H,50,56)/t35-,39-/m1/s1. The maximum Gasteiger partial charge on any atom is 0.272 e. The molecule has 5 fully saturated rings. The second-order valence-corrected chi connectivity index (χ2v) is 17.2. The number of piperidine rings is 2. The second kappa shape index (κ2) is 18.0. The first-order chi connectivity index (χ1) is 28.9. The maximum atomic E-state index is 15.0. The normalized spacial score (nSPS) is 22.4. The lowest BCUT2D eigenvalue weighted by atomic mass is 9.83. The van der Waals surface area contributed by atoms with Gasteiger partial charge in [-0.05, 0) is 68.2 Å². The summed E-state index contributed by atoms with van der Waals surface area (Å²) >= 11 is 0. The molecule has 2 saturated carbocycles. The van der Waals surface area contributed by atoms with E-state index in [2.05, 4.69) is 20.4 Å². The Hall–Kier alpha value is -4.83. The molecule has 1 aromatic heterocycles. The van der Waals surface area contributed by atoms with Crippen LogP contribution in [0.4, 0.5) is 13.2 Å². The molecule has 2 N–H and O–H groups in total. The van der Waals surface area contributed by atoms with Crippen LogP contribution in [-0.4, -0.2) is 137 Å². The molecule has 0 radical (unpaired) electrons. The molecule has 2 atom stereocenters. The van der Waals surface area contributed by atoms with Gasteiger partial charge in [-0.1, -0.05) is 43.5 Å². The molecular weight excluding hydrogens is 780 g/mol. The summed E-state index contributed by atoms with van der Waals surface area (Å²) in [5, 5.41) is 10.7. The van der Waals surface area contributed by atoms with Crippen LogP contribution in [0.2, 0.25) is 0 Å². The van der Waals surface area contributed by atoms with Crippen molar-refractivity contribution in [1.29, 1.82) is 0 Å². The number of nitrogens with zero attached hydrogens (tertiary/aromatic N) is 5. The maximum absolute atomic E-state index is 15.0. The third-order valence-electron chi connectivity index (χ3n) is 13.2. The van der Waals surface area contributed by atoms with Gasteiger partial charge in [0.1, 0.15) is 17.8 Å². The number of hydrogen-bond acceptors (Lipinski definition) is 8. The monoisotopic (exact) mass is 833 g/mol. The fourth-order valence-electron chi connectivity index (χ4n) is 9.45. The molecule has 2 aromatic carbocycles. The summed E-state index contributed by atoms with van der Waals surface area (Å²) in [4.78, 5) is 72.6. The number of hydrogen-bond donors (Lipinski definition) is 2. The lowest BCUT2D eigenvalue weighted by molar-refractivity contribution is -0.142. The highest BCUT2D eigenvalue weighted by Crippen LogP contribution is 2.48. The minimum Gasteiger partial charge on any atom is -0.375 e. The zero-order chi connectivity index (χ0) is 42.0. The molecule has 0 unspecified atom stereocenters. The van der Waals surface area contributed by atoms with Crippen LogP contribution in [0.5, 0.6) is 0 Å². The minimum absolute atomic E-state index is 0.0110. The summed E-state index contributed by atoms with van der Waals surface area (Å²) in [6, 6.07) is 10.8. The molecule has 16 heteroatoms. The third kappa shape index (κ3) is 9.54. The van der Waals surface area contributed by atoms with E-state index in [1.807, 2.05) is 12.1 Å². The lowest BCUT2D eigenvalue weighted by Crippen LogP contribution is -2.55. The number of amides is 4. The number of carbonyl (C=O) groups excluding carboxylic acids is 4. The van der Waals surface area contributed by atoms with Crippen LogP contribution in [0.25, 0.3) is 10.8 Å². The Balaban J connectivity index is 0.757. The quantitative estimate of drug-likeness (QED) is 0.293. The van der Waals surface area contributed by atoms with Crippen LogP contribution >= 0.6 is 0 Å². The molecule has 0 bridgehead atoms. The summed E-state index contributed by atoms with van der Waals surface area (Å²) in [6.45, 7) is 3.93. The van der Waals surface area contributed by atoms with Gasteiger partial charge in [-0.2, -0.15) is 5.10 Å². The van der Waals surface area contributed by atoms with Gasteiger partial charge in [-0.3, -0.25) is 28.9 Å². The van der Waals surface area contributed by atoms with Crippen LogP contribution in [0.1, 0.15) is 85.8 Å². The first-order valence-corrected chi connectivity index (χ1v) is 21.6. The molecule has 13 nitrogen and oxygen atoms in total. The topological polar surface area (TPSA) is 148 Å². The largest absolute Gasteiger partial charge is 0.375 e. The summed E-state index contributed by atoms with van der Waals surface area (Å²) in [6.07, 6.45) is 7.35. The van der Waals surface area contributed by atoms with Crippen molar-refractivity contribution in [3.8, 4) is 0 Å². The van der Waals surface area contributed by atoms with Crippen LogP contribution in [0.3, 0.4) is 0 Å². The smallest absolute Gasteiger partial charge is 0.272 e. The molecule has 4 amide bonds. The van der Waals surface area contributed by atoms with Crippen molar-refractivity contribution in [2.24, 2.45) is 11.8 Å². The van der Waals surface area contributed by atoms with Crippen LogP contribution in [0, 0.1) is 17.7 Å². The highest BCUT2D eigenvalue weighted by Gasteiger charge is 2.61. The number of carbonyl (C=O) groups is 4. The van der Waals surface area contributed by atoms with Crippen LogP contribution < -0.4 is 10.9 Å². The summed E-state index contributed by atoms with van der Waals surface area (Å²) in [5.41, 5.74) is 0.957. The third-order valence-corrected chi connectivity index (χ3v) is 13.2. The SMILES string of the molecule is O=C(N[C@@H](C(=O)N1CCC(OC2CCN(CC(=O)N3CCN(C(=O)c4cc(Cc5n[nH]c(=O)c6ccccc56)ccc4F)CC3)CC2)CC1)C1CCCCC1)[C@H]1CC1(F)F. The van der Waals surface area contributed by atoms with E-state index in [0.717, 1.165) is 44.9 Å². The van der Waals surface area contributed by atoms with E-state index in [1.54, 1.807) is 32.9 Å². The molecule has 3 saturated heterocycles. The summed E-state index contributed by atoms with van der Waals surface area (Å²) in [7, 11) is 0. The van der Waals surface area contributed by atoms with Gasteiger partial charge in [0.15, 0.2) is 0 Å². The van der Waals surface area contributed by atoms with Crippen molar-refractivity contribution in [2.75, 3.05) is 58.9 Å². The van der Waals surface area contributed by atoms with Crippen molar-refractivity contribution in [1.82, 2.24) is 35.1 Å². The number of alkyl halides is 2. The molecule has 3 aromatic rings. The van der Waals surface area contributed by atoms with Gasteiger partial charge in [0, 0.05) is 70.6 Å². The molecule has 60 heavy (non-hydrogen) atoms. The van der Waals surface area contributed by atoms with E-state index in [1.165, 1.54) is 12.1 Å². The predicted molar refractivity (Wildman–Crippen MR) is 216 cm³/mol. The Bertz CT molecular complexity index is 2120. The minimum atomic E-state index is -2.98. The summed E-state index contributed by atoms with van der Waals surface area (Å²) < 4.78 is 48.8. The lowest BCUT2D eigenvalue weighted by Gasteiger charge is -2.40. The van der Waals surface area contributed by atoms with E-state index in [-0.39, 0.29) is 60.7 Å². The van der Waals surface area contributed by atoms with Gasteiger partial charge < -0.3 is 24.8 Å². The Morgan fingerprint density at radius 2 is 1.45 bits per heavy atom. The first kappa shape index (κ1) is 41.9. The molecule has 4 heterocycles. The Morgan fingerprint density at radius 3 is 2.12 bits per heavy atom. The second-order valence-electron chi connectivity index (χ2n) is 17.2. The number of piperazine rings is 1. The van der Waals surface area contributed by atoms with Crippen molar-refractivity contribution in [3.05, 3.63) is 75.5 Å². The number of H-pyrrole nitrogens is 1. The molecule has 0 spiro atoms. The van der Waals surface area contributed by atoms with E-state index < -0.39 is 41.9 Å². The molecule has 8 rings (SSSR count). The average molecular weight is 834 g/mol. The number of aromatic nitrogens is 2. The molecule has 5 aliphatic rings. The number of benzene rings is 2. The van der Waals surface area contributed by atoms with Gasteiger partial charge in [-0.25, -0.2) is 18.3 Å². The first-order valence-electron chi connectivity index (χ1n) is 21.6. The highest BCUT2D eigenvalue weighted by atomic mass is 19.3. The van der Waals surface area contributed by atoms with Gasteiger partial charge >= 0.3 is 0 Å². The Morgan fingerprint density at radius 1 is 0.817 bits per heavy atom. The molecule has 322 valence electrons. The molecule has 2 aliphatic carbocycles. The van der Waals surface area contributed by atoms with Gasteiger partial charge in [-0.15, -0.1) is 0 Å². The van der Waals surface area contributed by atoms with E-state index in [4.69, 9.17) is 4.74 Å². The van der Waals surface area contributed by atoms with E-state index >= 15 is 4.39 Å². The number of aromatic amines is 1. The predicted octanol–water partition coefficient (Wildman–Crippen LogP) is 4.13. The van der Waals surface area contributed by atoms with Gasteiger partial charge in [0.05, 0.1) is 35.4 Å². The van der Waals surface area contributed by atoms with Crippen molar-refractivity contribution < 1.29 is 37.1 Å². The van der Waals surface area contributed by atoms with E-state index in [0.29, 0.717) is 80.6 Å².